The molecule has 1 heterocycles. The van der Waals surface area contributed by atoms with E-state index in [2.05, 4.69) is 194 Å². The van der Waals surface area contributed by atoms with Gasteiger partial charge in [-0.2, -0.15) is 0 Å². The zero-order valence-electron chi connectivity index (χ0n) is 30.0. The molecule has 0 amide bonds. The summed E-state index contributed by atoms with van der Waals surface area (Å²) in [4.78, 5) is 10.5. The predicted octanol–water partition coefficient (Wildman–Crippen LogP) is 13.2. The Hall–Kier alpha value is -7.16. The Morgan fingerprint density at radius 3 is 1.16 bits per heavy atom. The van der Waals surface area contributed by atoms with Crippen LogP contribution in [0.15, 0.2) is 206 Å². The molecule has 0 saturated heterocycles. The van der Waals surface area contributed by atoms with Crippen molar-refractivity contribution in [1.29, 1.82) is 0 Å². The van der Waals surface area contributed by atoms with Gasteiger partial charge >= 0.3 is 0 Å². The minimum Gasteiger partial charge on any atom is -0.228 e. The highest BCUT2D eigenvalue weighted by atomic mass is 14.9. The predicted molar refractivity (Wildman–Crippen MR) is 226 cm³/mol. The summed E-state index contributed by atoms with van der Waals surface area (Å²) in [5.74, 6) is 0.697. The lowest BCUT2D eigenvalue weighted by Crippen LogP contribution is -2.25. The molecule has 1 aromatic heterocycles. The average Bonchev–Trinajstić information content (AvgIpc) is 3.74. The summed E-state index contributed by atoms with van der Waals surface area (Å²) < 4.78 is 0. The molecule has 0 unspecified atom stereocenters. The van der Waals surface area contributed by atoms with Crippen LogP contribution in [0, 0.1) is 0 Å². The molecule has 55 heavy (non-hydrogen) atoms. The maximum Gasteiger partial charge on any atom is 0.160 e. The van der Waals surface area contributed by atoms with Gasteiger partial charge in [0.15, 0.2) is 5.82 Å². The van der Waals surface area contributed by atoms with Gasteiger partial charge < -0.3 is 0 Å². The van der Waals surface area contributed by atoms with Crippen LogP contribution in [0.25, 0.3) is 78.4 Å². The van der Waals surface area contributed by atoms with E-state index in [1.165, 1.54) is 44.5 Å². The van der Waals surface area contributed by atoms with Crippen LogP contribution in [0.3, 0.4) is 0 Å². The van der Waals surface area contributed by atoms with Crippen molar-refractivity contribution in [3.05, 3.63) is 229 Å². The minimum atomic E-state index is -0.410. The molecule has 256 valence electrons. The first kappa shape index (κ1) is 31.4. The van der Waals surface area contributed by atoms with Crippen molar-refractivity contribution < 1.29 is 0 Å². The molecule has 0 bridgehead atoms. The van der Waals surface area contributed by atoms with Gasteiger partial charge in [-0.25, -0.2) is 9.97 Å². The highest BCUT2D eigenvalue weighted by molar-refractivity contribution is 5.96. The first-order valence-electron chi connectivity index (χ1n) is 18.9. The number of nitrogens with zero attached hydrogens (tertiary/aromatic N) is 2. The largest absolute Gasteiger partial charge is 0.228 e. The first-order valence-corrected chi connectivity index (χ1v) is 18.9. The van der Waals surface area contributed by atoms with Crippen LogP contribution < -0.4 is 0 Å². The number of aromatic nitrogens is 2. The standard InChI is InChI=1S/C53H34N2/c1-4-16-35(17-5-1)39-30-40(32-41(31-39)52-54-50(36-18-6-2-7-19-36)34-51(55-52)37-20-8-3-9-21-37)38-28-29-45-44-24-12-15-27-48(44)53(49(45)33-38)46-25-13-10-22-42(46)43-23-11-14-26-47(43)53/h1-34H. The summed E-state index contributed by atoms with van der Waals surface area (Å²) in [5.41, 5.74) is 19.6. The Morgan fingerprint density at radius 1 is 0.255 bits per heavy atom. The van der Waals surface area contributed by atoms with E-state index < -0.39 is 5.41 Å². The van der Waals surface area contributed by atoms with E-state index in [1.54, 1.807) is 0 Å². The molecule has 2 aliphatic carbocycles. The monoisotopic (exact) mass is 698 g/mol. The number of rotatable bonds is 5. The van der Waals surface area contributed by atoms with E-state index in [-0.39, 0.29) is 0 Å². The van der Waals surface area contributed by atoms with Crippen molar-refractivity contribution in [3.63, 3.8) is 0 Å². The summed E-state index contributed by atoms with van der Waals surface area (Å²) in [6, 6.07) is 74.5. The summed E-state index contributed by atoms with van der Waals surface area (Å²) >= 11 is 0. The van der Waals surface area contributed by atoms with Crippen LogP contribution in [-0.4, -0.2) is 9.97 Å². The van der Waals surface area contributed by atoms with E-state index in [1.807, 2.05) is 12.1 Å². The fraction of sp³-hybridized carbons (Fsp3) is 0.0189. The molecule has 0 radical (unpaired) electrons. The van der Waals surface area contributed by atoms with E-state index in [9.17, 15) is 0 Å². The van der Waals surface area contributed by atoms with Crippen molar-refractivity contribution in [2.45, 2.75) is 5.41 Å². The second-order valence-corrected chi connectivity index (χ2v) is 14.5. The second kappa shape index (κ2) is 12.5. The highest BCUT2D eigenvalue weighted by Gasteiger charge is 2.51. The molecule has 0 aliphatic heterocycles. The van der Waals surface area contributed by atoms with Gasteiger partial charge in [0, 0.05) is 16.7 Å². The molecule has 0 saturated carbocycles. The fourth-order valence-corrected chi connectivity index (χ4v) is 9.08. The number of benzene rings is 8. The van der Waals surface area contributed by atoms with Crippen molar-refractivity contribution in [2.75, 3.05) is 0 Å². The van der Waals surface area contributed by atoms with Crippen molar-refractivity contribution in [3.8, 4) is 78.4 Å². The number of hydrogen-bond donors (Lipinski definition) is 0. The Kier molecular flexibility index (Phi) is 7.11. The summed E-state index contributed by atoms with van der Waals surface area (Å²) in [5, 5.41) is 0. The van der Waals surface area contributed by atoms with Gasteiger partial charge in [-0.05, 0) is 97.1 Å². The van der Waals surface area contributed by atoms with Crippen LogP contribution in [0.4, 0.5) is 0 Å². The summed E-state index contributed by atoms with van der Waals surface area (Å²) in [7, 11) is 0. The van der Waals surface area contributed by atoms with Crippen LogP contribution in [-0.2, 0) is 5.41 Å². The molecule has 0 atom stereocenters. The summed E-state index contributed by atoms with van der Waals surface area (Å²) in [6.07, 6.45) is 0. The molecule has 9 aromatic rings. The molecule has 2 nitrogen and oxygen atoms in total. The van der Waals surface area contributed by atoms with Gasteiger partial charge in [0.25, 0.3) is 0 Å². The Labute approximate surface area is 321 Å². The van der Waals surface area contributed by atoms with Gasteiger partial charge in [0.2, 0.25) is 0 Å². The van der Waals surface area contributed by atoms with E-state index in [0.29, 0.717) is 5.82 Å². The average molecular weight is 699 g/mol. The van der Waals surface area contributed by atoms with Crippen LogP contribution in [0.2, 0.25) is 0 Å². The van der Waals surface area contributed by atoms with E-state index in [0.717, 1.165) is 50.3 Å². The minimum absolute atomic E-state index is 0.410. The van der Waals surface area contributed by atoms with Gasteiger partial charge in [-0.15, -0.1) is 0 Å². The molecule has 0 fully saturated rings. The Bertz CT molecular complexity index is 2790. The highest BCUT2D eigenvalue weighted by Crippen LogP contribution is 2.63. The molecule has 0 N–H and O–H groups in total. The first-order chi connectivity index (χ1) is 27.3. The van der Waals surface area contributed by atoms with Crippen LogP contribution in [0.1, 0.15) is 22.3 Å². The topological polar surface area (TPSA) is 25.8 Å². The normalized spacial score (nSPS) is 12.9. The molecule has 1 spiro atoms. The molecule has 2 aliphatic rings. The quantitative estimate of drug-likeness (QED) is 0.179. The third-order valence-corrected chi connectivity index (χ3v) is 11.5. The number of hydrogen-bond acceptors (Lipinski definition) is 2. The summed E-state index contributed by atoms with van der Waals surface area (Å²) in [6.45, 7) is 0. The molecular formula is C53H34N2. The lowest BCUT2D eigenvalue weighted by Gasteiger charge is -2.30. The van der Waals surface area contributed by atoms with Crippen molar-refractivity contribution >= 4 is 0 Å². The second-order valence-electron chi connectivity index (χ2n) is 14.5. The van der Waals surface area contributed by atoms with Gasteiger partial charge in [-0.3, -0.25) is 0 Å². The molecule has 11 rings (SSSR count). The van der Waals surface area contributed by atoms with Crippen LogP contribution in [0.5, 0.6) is 0 Å². The van der Waals surface area contributed by atoms with Crippen molar-refractivity contribution in [1.82, 2.24) is 9.97 Å². The van der Waals surface area contributed by atoms with Gasteiger partial charge in [-0.1, -0.05) is 176 Å². The lowest BCUT2D eigenvalue weighted by atomic mass is 9.70. The van der Waals surface area contributed by atoms with Gasteiger partial charge in [0.1, 0.15) is 0 Å². The third kappa shape index (κ3) is 4.89. The molecule has 2 heteroatoms. The molecule has 8 aromatic carbocycles. The zero-order valence-corrected chi connectivity index (χ0v) is 30.0. The number of fused-ring (bicyclic) bond motifs is 10. The smallest absolute Gasteiger partial charge is 0.160 e. The van der Waals surface area contributed by atoms with E-state index >= 15 is 0 Å². The van der Waals surface area contributed by atoms with Gasteiger partial charge in [0.05, 0.1) is 16.8 Å². The van der Waals surface area contributed by atoms with Crippen molar-refractivity contribution in [2.24, 2.45) is 0 Å². The zero-order chi connectivity index (χ0) is 36.3. The maximum absolute atomic E-state index is 5.25. The van der Waals surface area contributed by atoms with Crippen LogP contribution >= 0.6 is 0 Å². The van der Waals surface area contributed by atoms with E-state index in [4.69, 9.17) is 9.97 Å². The SMILES string of the molecule is c1ccc(-c2cc(-c3ccc4c(c3)C3(c5ccccc5-c5ccccc53)c3ccccc3-4)cc(-c3nc(-c4ccccc4)cc(-c4ccccc4)n3)c2)cc1. The lowest BCUT2D eigenvalue weighted by molar-refractivity contribution is 0.794. The Balaban J connectivity index is 1.15. The maximum atomic E-state index is 5.25. The molecular weight excluding hydrogens is 665 g/mol. The Morgan fingerprint density at radius 2 is 0.655 bits per heavy atom. The third-order valence-electron chi connectivity index (χ3n) is 11.5. The fourth-order valence-electron chi connectivity index (χ4n) is 9.08.